The van der Waals surface area contributed by atoms with E-state index in [1.807, 2.05) is 35.2 Å². The van der Waals surface area contributed by atoms with Gasteiger partial charge in [-0.15, -0.1) is 0 Å². The maximum Gasteiger partial charge on any atom is 0.289 e. The van der Waals surface area contributed by atoms with Gasteiger partial charge in [0.15, 0.2) is 5.76 Å². The van der Waals surface area contributed by atoms with E-state index in [0.29, 0.717) is 11.8 Å². The fraction of sp³-hybridized carbons (Fsp3) is 0.389. The smallest absolute Gasteiger partial charge is 0.289 e. The van der Waals surface area contributed by atoms with Crippen molar-refractivity contribution < 1.29 is 9.21 Å². The third-order valence-corrected chi connectivity index (χ3v) is 5.51. The number of halogens is 1. The van der Waals surface area contributed by atoms with Crippen molar-refractivity contribution in [3.8, 4) is 11.3 Å². The zero-order valence-corrected chi connectivity index (χ0v) is 15.0. The Morgan fingerprint density at radius 1 is 1.09 bits per heavy atom. The molecular formula is C18H19IN2O2. The van der Waals surface area contributed by atoms with Crippen molar-refractivity contribution in [1.29, 1.82) is 0 Å². The van der Waals surface area contributed by atoms with E-state index in [4.69, 9.17) is 4.42 Å². The number of carbonyl (C=O) groups excluding carboxylic acids is 1. The van der Waals surface area contributed by atoms with E-state index in [0.717, 1.165) is 53.9 Å². The minimum atomic E-state index is 0.0376. The molecule has 0 radical (unpaired) electrons. The lowest BCUT2D eigenvalue weighted by molar-refractivity contribution is 0.0653. The number of amides is 1. The Bertz CT molecular complexity index is 719. The van der Waals surface area contributed by atoms with E-state index in [9.17, 15) is 4.79 Å². The fourth-order valence-electron chi connectivity index (χ4n) is 3.54. The Balaban J connectivity index is 1.57. The standard InChI is InChI=1S/C18H19IN2O2/c19-14-3-1-2-13(12-14)16-4-5-17(23-16)18(22)21-11-10-20-8-6-15(21)7-9-20/h1-5,12,15H,6-11H2. The molecule has 3 fully saturated rings. The van der Waals surface area contributed by atoms with Crippen LogP contribution in [-0.4, -0.2) is 47.9 Å². The van der Waals surface area contributed by atoms with Crippen molar-refractivity contribution in [3.05, 3.63) is 45.7 Å². The lowest BCUT2D eigenvalue weighted by Gasteiger charge is -2.30. The first kappa shape index (κ1) is 15.2. The van der Waals surface area contributed by atoms with E-state index in [2.05, 4.69) is 33.6 Å². The van der Waals surface area contributed by atoms with Gasteiger partial charge in [-0.05, 0) is 59.7 Å². The normalized spacial score (nSPS) is 23.8. The number of piperidine rings is 1. The Morgan fingerprint density at radius 2 is 1.91 bits per heavy atom. The van der Waals surface area contributed by atoms with Crippen LogP contribution in [0, 0.1) is 3.57 Å². The number of nitrogens with zero attached hydrogens (tertiary/aromatic N) is 2. The molecule has 2 aromatic rings. The number of furan rings is 1. The lowest BCUT2D eigenvalue weighted by atomic mass is 10.1. The molecule has 23 heavy (non-hydrogen) atoms. The third-order valence-electron chi connectivity index (χ3n) is 4.84. The number of rotatable bonds is 2. The van der Waals surface area contributed by atoms with Crippen molar-refractivity contribution in [2.45, 2.75) is 18.9 Å². The van der Waals surface area contributed by atoms with Gasteiger partial charge in [0.2, 0.25) is 0 Å². The fourth-order valence-corrected chi connectivity index (χ4v) is 4.09. The second-order valence-corrected chi connectivity index (χ2v) is 7.49. The SMILES string of the molecule is O=C(c1ccc(-c2cccc(I)c2)o1)N1CCN2CCC1CC2. The van der Waals surface area contributed by atoms with Gasteiger partial charge >= 0.3 is 0 Å². The summed E-state index contributed by atoms with van der Waals surface area (Å²) in [6, 6.07) is 12.2. The van der Waals surface area contributed by atoms with Gasteiger partial charge in [0.25, 0.3) is 5.91 Å². The van der Waals surface area contributed by atoms with Crippen LogP contribution < -0.4 is 0 Å². The molecule has 5 rings (SSSR count). The van der Waals surface area contributed by atoms with Crippen LogP contribution in [0.5, 0.6) is 0 Å². The number of hydrogen-bond donors (Lipinski definition) is 0. The van der Waals surface area contributed by atoms with E-state index in [1.54, 1.807) is 0 Å². The summed E-state index contributed by atoms with van der Waals surface area (Å²) in [4.78, 5) is 17.3. The summed E-state index contributed by atoms with van der Waals surface area (Å²) in [5.41, 5.74) is 1.01. The highest BCUT2D eigenvalue weighted by Gasteiger charge is 2.33. The molecule has 2 bridgehead atoms. The van der Waals surface area contributed by atoms with Crippen LogP contribution in [0.2, 0.25) is 0 Å². The molecule has 5 heteroatoms. The van der Waals surface area contributed by atoms with Gasteiger partial charge in [-0.2, -0.15) is 0 Å². The number of hydrogen-bond acceptors (Lipinski definition) is 3. The van der Waals surface area contributed by atoms with Gasteiger partial charge in [-0.1, -0.05) is 12.1 Å². The van der Waals surface area contributed by atoms with Gasteiger partial charge in [0.1, 0.15) is 5.76 Å². The molecule has 0 N–H and O–H groups in total. The molecule has 0 atom stereocenters. The van der Waals surface area contributed by atoms with Gasteiger partial charge in [-0.3, -0.25) is 4.79 Å². The zero-order chi connectivity index (χ0) is 15.8. The molecular weight excluding hydrogens is 403 g/mol. The first-order valence-corrected chi connectivity index (χ1v) is 9.18. The Morgan fingerprint density at radius 3 is 2.70 bits per heavy atom. The Labute approximate surface area is 149 Å². The largest absolute Gasteiger partial charge is 0.451 e. The number of benzene rings is 1. The molecule has 4 heterocycles. The summed E-state index contributed by atoms with van der Waals surface area (Å²) in [6.07, 6.45) is 2.16. The van der Waals surface area contributed by atoms with Gasteiger partial charge < -0.3 is 14.2 Å². The maximum absolute atomic E-state index is 12.9. The summed E-state index contributed by atoms with van der Waals surface area (Å²) < 4.78 is 7.03. The van der Waals surface area contributed by atoms with E-state index >= 15 is 0 Å². The Hall–Kier alpha value is -1.34. The summed E-state index contributed by atoms with van der Waals surface area (Å²) in [5, 5.41) is 0. The quantitative estimate of drug-likeness (QED) is 0.696. The summed E-state index contributed by atoms with van der Waals surface area (Å²) in [7, 11) is 0. The van der Waals surface area contributed by atoms with Crippen LogP contribution in [0.1, 0.15) is 23.4 Å². The second-order valence-electron chi connectivity index (χ2n) is 6.25. The van der Waals surface area contributed by atoms with Crippen molar-refractivity contribution >= 4 is 28.5 Å². The number of fused-ring (bicyclic) bond motifs is 4. The second kappa shape index (κ2) is 6.28. The van der Waals surface area contributed by atoms with Crippen molar-refractivity contribution in [2.75, 3.05) is 26.2 Å². The molecule has 120 valence electrons. The van der Waals surface area contributed by atoms with Crippen molar-refractivity contribution in [1.82, 2.24) is 9.80 Å². The van der Waals surface area contributed by atoms with Crippen LogP contribution in [0.4, 0.5) is 0 Å². The highest BCUT2D eigenvalue weighted by atomic mass is 127. The molecule has 0 saturated carbocycles. The van der Waals surface area contributed by atoms with Crippen LogP contribution in [0.15, 0.2) is 40.8 Å². The van der Waals surface area contributed by atoms with E-state index in [1.165, 1.54) is 0 Å². The topological polar surface area (TPSA) is 36.7 Å². The highest BCUT2D eigenvalue weighted by Crippen LogP contribution is 2.27. The van der Waals surface area contributed by atoms with Crippen LogP contribution in [-0.2, 0) is 0 Å². The third kappa shape index (κ3) is 3.04. The van der Waals surface area contributed by atoms with Gasteiger partial charge in [0.05, 0.1) is 0 Å². The average molecular weight is 422 g/mol. The lowest BCUT2D eigenvalue weighted by Crippen LogP contribution is -2.41. The predicted octanol–water partition coefficient (Wildman–Crippen LogP) is 3.47. The molecule has 1 aromatic carbocycles. The van der Waals surface area contributed by atoms with Crippen molar-refractivity contribution in [2.24, 2.45) is 0 Å². The highest BCUT2D eigenvalue weighted by molar-refractivity contribution is 14.1. The minimum Gasteiger partial charge on any atom is -0.451 e. The molecule has 3 aliphatic heterocycles. The molecule has 3 aliphatic rings. The molecule has 4 nitrogen and oxygen atoms in total. The van der Waals surface area contributed by atoms with Crippen molar-refractivity contribution in [3.63, 3.8) is 0 Å². The van der Waals surface area contributed by atoms with E-state index < -0.39 is 0 Å². The summed E-state index contributed by atoms with van der Waals surface area (Å²) in [6.45, 7) is 4.01. The van der Waals surface area contributed by atoms with Gasteiger partial charge in [-0.25, -0.2) is 0 Å². The summed E-state index contributed by atoms with van der Waals surface area (Å²) >= 11 is 2.28. The predicted molar refractivity (Wildman–Crippen MR) is 97.4 cm³/mol. The van der Waals surface area contributed by atoms with Crippen LogP contribution in [0.25, 0.3) is 11.3 Å². The zero-order valence-electron chi connectivity index (χ0n) is 12.9. The Kier molecular flexibility index (Phi) is 4.15. The average Bonchev–Trinajstić information content (AvgIpc) is 2.88. The molecule has 1 amide bonds. The maximum atomic E-state index is 12.9. The van der Waals surface area contributed by atoms with Crippen LogP contribution >= 0.6 is 22.6 Å². The molecule has 3 saturated heterocycles. The summed E-state index contributed by atoms with van der Waals surface area (Å²) in [5.74, 6) is 1.25. The molecule has 0 unspecified atom stereocenters. The molecule has 0 aliphatic carbocycles. The molecule has 0 spiro atoms. The van der Waals surface area contributed by atoms with E-state index in [-0.39, 0.29) is 5.91 Å². The first-order valence-electron chi connectivity index (χ1n) is 8.10. The van der Waals surface area contributed by atoms with Crippen LogP contribution in [0.3, 0.4) is 0 Å². The van der Waals surface area contributed by atoms with Gasteiger partial charge in [0, 0.05) is 41.4 Å². The monoisotopic (exact) mass is 422 g/mol. The molecule has 1 aromatic heterocycles. The number of carbonyl (C=O) groups is 1. The first-order chi connectivity index (χ1) is 11.2. The minimum absolute atomic E-state index is 0.0376.